The number of rotatable bonds is 7. The molecule has 0 aliphatic rings. The van der Waals surface area contributed by atoms with Crippen molar-refractivity contribution in [3.63, 3.8) is 0 Å². The first-order valence-electron chi connectivity index (χ1n) is 8.60. The Labute approximate surface area is 158 Å². The molecule has 1 aromatic heterocycles. The maximum absolute atomic E-state index is 12.3. The molecule has 1 N–H and O–H groups in total. The highest BCUT2D eigenvalue weighted by Gasteiger charge is 2.18. The van der Waals surface area contributed by atoms with Gasteiger partial charge >= 0.3 is 0 Å². The van der Waals surface area contributed by atoms with Crippen LogP contribution in [0.5, 0.6) is 0 Å². The third-order valence-electron chi connectivity index (χ3n) is 4.26. The van der Waals surface area contributed by atoms with E-state index in [1.807, 2.05) is 28.8 Å². The van der Waals surface area contributed by atoms with Crippen LogP contribution in [-0.2, 0) is 16.6 Å². The number of hydrogen-bond donors (Lipinski definition) is 1. The van der Waals surface area contributed by atoms with Crippen molar-refractivity contribution in [2.75, 3.05) is 20.6 Å². The Morgan fingerprint density at radius 2 is 1.93 bits per heavy atom. The number of hydrogen-bond acceptors (Lipinski definition) is 4. The molecule has 8 heteroatoms. The zero-order chi connectivity index (χ0) is 19.4. The summed E-state index contributed by atoms with van der Waals surface area (Å²) in [4.78, 5) is 16.8. The number of carbonyl (C=O) groups excluding carboxylic acids is 1. The van der Waals surface area contributed by atoms with Gasteiger partial charge in [0.2, 0.25) is 10.0 Å². The lowest BCUT2D eigenvalue weighted by Crippen LogP contribution is -2.26. The lowest BCUT2D eigenvalue weighted by atomic mass is 10.2. The Hall–Kier alpha value is -2.71. The number of para-hydroxylation sites is 2. The van der Waals surface area contributed by atoms with Crippen molar-refractivity contribution < 1.29 is 13.2 Å². The standard InChI is InChI=1S/C19H22N4O3S/c1-22(2)27(25,26)16-8-5-7-15(13-16)19(24)20-11-6-12-23-14-21-17-9-3-4-10-18(17)23/h3-5,7-10,13-14H,6,11-12H2,1-2H3,(H,20,24). The Morgan fingerprint density at radius 3 is 2.70 bits per heavy atom. The average Bonchev–Trinajstić information content (AvgIpc) is 3.08. The number of nitrogens with zero attached hydrogens (tertiary/aromatic N) is 3. The highest BCUT2D eigenvalue weighted by atomic mass is 32.2. The Bertz CT molecular complexity index is 1060. The molecule has 1 heterocycles. The topological polar surface area (TPSA) is 84.3 Å². The van der Waals surface area contributed by atoms with Gasteiger partial charge in [0.25, 0.3) is 5.91 Å². The number of imidazole rings is 1. The zero-order valence-corrected chi connectivity index (χ0v) is 16.1. The smallest absolute Gasteiger partial charge is 0.251 e. The fourth-order valence-electron chi connectivity index (χ4n) is 2.75. The molecule has 0 aliphatic heterocycles. The van der Waals surface area contributed by atoms with Crippen molar-refractivity contribution in [1.29, 1.82) is 0 Å². The molecule has 2 aromatic carbocycles. The van der Waals surface area contributed by atoms with Gasteiger partial charge < -0.3 is 9.88 Å². The van der Waals surface area contributed by atoms with E-state index in [0.717, 1.165) is 28.3 Å². The SMILES string of the molecule is CN(C)S(=O)(=O)c1cccc(C(=O)NCCCn2cnc3ccccc32)c1. The molecule has 0 spiro atoms. The van der Waals surface area contributed by atoms with Crippen molar-refractivity contribution in [2.24, 2.45) is 0 Å². The molecule has 3 rings (SSSR count). The van der Waals surface area contributed by atoms with Gasteiger partial charge in [-0.15, -0.1) is 0 Å². The number of benzene rings is 2. The van der Waals surface area contributed by atoms with Crippen LogP contribution in [0.2, 0.25) is 0 Å². The van der Waals surface area contributed by atoms with E-state index in [1.54, 1.807) is 18.5 Å². The number of amides is 1. The van der Waals surface area contributed by atoms with Gasteiger partial charge in [0, 0.05) is 32.7 Å². The largest absolute Gasteiger partial charge is 0.352 e. The zero-order valence-electron chi connectivity index (χ0n) is 15.3. The number of fused-ring (bicyclic) bond motifs is 1. The second kappa shape index (κ2) is 7.89. The number of sulfonamides is 1. The van der Waals surface area contributed by atoms with E-state index in [4.69, 9.17) is 0 Å². The fraction of sp³-hybridized carbons (Fsp3) is 0.263. The molecular weight excluding hydrogens is 364 g/mol. The summed E-state index contributed by atoms with van der Waals surface area (Å²) < 4.78 is 27.6. The monoisotopic (exact) mass is 386 g/mol. The van der Waals surface area contributed by atoms with Gasteiger partial charge in [-0.1, -0.05) is 18.2 Å². The molecule has 0 bridgehead atoms. The third kappa shape index (κ3) is 4.17. The molecule has 7 nitrogen and oxygen atoms in total. The molecule has 27 heavy (non-hydrogen) atoms. The lowest BCUT2D eigenvalue weighted by molar-refractivity contribution is 0.0952. The summed E-state index contributed by atoms with van der Waals surface area (Å²) in [7, 11) is -0.645. The van der Waals surface area contributed by atoms with Crippen molar-refractivity contribution >= 4 is 27.0 Å². The van der Waals surface area contributed by atoms with E-state index < -0.39 is 10.0 Å². The van der Waals surface area contributed by atoms with Crippen LogP contribution < -0.4 is 5.32 Å². The second-order valence-electron chi connectivity index (χ2n) is 6.35. The quantitative estimate of drug-likeness (QED) is 0.630. The predicted molar refractivity (Wildman–Crippen MR) is 104 cm³/mol. The van der Waals surface area contributed by atoms with Crippen LogP contribution in [0.4, 0.5) is 0 Å². The van der Waals surface area contributed by atoms with Gasteiger partial charge in [-0.2, -0.15) is 0 Å². The van der Waals surface area contributed by atoms with Gasteiger partial charge in [0.1, 0.15) is 0 Å². The number of nitrogens with one attached hydrogen (secondary N) is 1. The summed E-state index contributed by atoms with van der Waals surface area (Å²) in [5.41, 5.74) is 2.33. The van der Waals surface area contributed by atoms with Crippen LogP contribution in [0.25, 0.3) is 11.0 Å². The minimum atomic E-state index is -3.57. The van der Waals surface area contributed by atoms with Crippen molar-refractivity contribution in [2.45, 2.75) is 17.9 Å². The van der Waals surface area contributed by atoms with Crippen LogP contribution in [0.1, 0.15) is 16.8 Å². The Morgan fingerprint density at radius 1 is 1.15 bits per heavy atom. The normalized spacial score (nSPS) is 11.8. The Kier molecular flexibility index (Phi) is 5.57. The molecule has 0 radical (unpaired) electrons. The van der Waals surface area contributed by atoms with E-state index in [2.05, 4.69) is 10.3 Å². The van der Waals surface area contributed by atoms with Crippen molar-refractivity contribution in [3.05, 3.63) is 60.4 Å². The molecule has 0 fully saturated rings. The molecule has 1 amide bonds. The number of aryl methyl sites for hydroxylation is 1. The molecule has 3 aromatic rings. The minimum absolute atomic E-state index is 0.102. The first-order chi connectivity index (χ1) is 12.9. The first-order valence-corrected chi connectivity index (χ1v) is 10.0. The third-order valence-corrected chi connectivity index (χ3v) is 6.07. The van der Waals surface area contributed by atoms with Gasteiger partial charge in [0.15, 0.2) is 0 Å². The number of aromatic nitrogens is 2. The molecular formula is C19H22N4O3S. The van der Waals surface area contributed by atoms with E-state index >= 15 is 0 Å². The van der Waals surface area contributed by atoms with Crippen LogP contribution in [-0.4, -0.2) is 48.8 Å². The predicted octanol–water partition coefficient (Wildman–Crippen LogP) is 2.11. The van der Waals surface area contributed by atoms with Crippen LogP contribution in [0, 0.1) is 0 Å². The minimum Gasteiger partial charge on any atom is -0.352 e. The van der Waals surface area contributed by atoms with E-state index in [1.165, 1.54) is 26.2 Å². The molecule has 0 saturated carbocycles. The summed E-state index contributed by atoms with van der Waals surface area (Å²) in [5.74, 6) is -0.290. The molecule has 0 unspecified atom stereocenters. The summed E-state index contributed by atoms with van der Waals surface area (Å²) >= 11 is 0. The molecule has 0 atom stereocenters. The van der Waals surface area contributed by atoms with Gasteiger partial charge in [-0.25, -0.2) is 17.7 Å². The summed E-state index contributed by atoms with van der Waals surface area (Å²) in [6.45, 7) is 1.21. The summed E-state index contributed by atoms with van der Waals surface area (Å²) in [6.07, 6.45) is 2.53. The highest BCUT2D eigenvalue weighted by Crippen LogP contribution is 2.15. The molecule has 142 valence electrons. The van der Waals surface area contributed by atoms with E-state index in [-0.39, 0.29) is 10.8 Å². The van der Waals surface area contributed by atoms with Crippen LogP contribution >= 0.6 is 0 Å². The van der Waals surface area contributed by atoms with Crippen molar-refractivity contribution in [3.8, 4) is 0 Å². The molecule has 0 saturated heterocycles. The van der Waals surface area contributed by atoms with E-state index in [0.29, 0.717) is 12.1 Å². The average molecular weight is 386 g/mol. The summed E-state index contributed by atoms with van der Waals surface area (Å²) in [5, 5.41) is 2.84. The summed E-state index contributed by atoms with van der Waals surface area (Å²) in [6, 6.07) is 13.9. The molecule has 0 aliphatic carbocycles. The van der Waals surface area contributed by atoms with Gasteiger partial charge in [-0.05, 0) is 36.8 Å². The van der Waals surface area contributed by atoms with E-state index in [9.17, 15) is 13.2 Å². The maximum atomic E-state index is 12.3. The Balaban J connectivity index is 1.58. The van der Waals surface area contributed by atoms with Crippen LogP contribution in [0.3, 0.4) is 0 Å². The van der Waals surface area contributed by atoms with Gasteiger partial charge in [-0.3, -0.25) is 4.79 Å². The number of carbonyl (C=O) groups is 1. The van der Waals surface area contributed by atoms with Gasteiger partial charge in [0.05, 0.1) is 22.3 Å². The maximum Gasteiger partial charge on any atom is 0.251 e. The van der Waals surface area contributed by atoms with Crippen molar-refractivity contribution in [1.82, 2.24) is 19.2 Å². The first kappa shape index (κ1) is 19.1. The second-order valence-corrected chi connectivity index (χ2v) is 8.50. The highest BCUT2D eigenvalue weighted by molar-refractivity contribution is 7.89. The lowest BCUT2D eigenvalue weighted by Gasteiger charge is -2.12. The van der Waals surface area contributed by atoms with Crippen LogP contribution in [0.15, 0.2) is 59.8 Å². The fourth-order valence-corrected chi connectivity index (χ4v) is 3.70.